The highest BCUT2D eigenvalue weighted by Gasteiger charge is 2.15. The molecule has 0 unspecified atom stereocenters. The standard InChI is InChI=1S/C15H21F2NO2/c1-11(12-7-13(16)9-14(17)8-12)18-4-6-19-10-15-3-2-5-20-15/h7-9,11,15,18H,2-6,10H2,1H3/t11-,15+/m0/s1. The lowest BCUT2D eigenvalue weighted by Gasteiger charge is -2.15. The SMILES string of the molecule is C[C@H](NCCOC[C@H]1CCCO1)c1cc(F)cc(F)c1. The molecule has 0 spiro atoms. The molecule has 3 nitrogen and oxygen atoms in total. The van der Waals surface area contributed by atoms with Gasteiger partial charge >= 0.3 is 0 Å². The van der Waals surface area contributed by atoms with Crippen LogP contribution in [-0.4, -0.2) is 32.5 Å². The van der Waals surface area contributed by atoms with Crippen molar-refractivity contribution >= 4 is 0 Å². The topological polar surface area (TPSA) is 30.5 Å². The summed E-state index contributed by atoms with van der Waals surface area (Å²) in [4.78, 5) is 0. The highest BCUT2D eigenvalue weighted by Crippen LogP contribution is 2.15. The van der Waals surface area contributed by atoms with Crippen LogP contribution in [0.4, 0.5) is 8.78 Å². The van der Waals surface area contributed by atoms with Crippen LogP contribution in [0.1, 0.15) is 31.4 Å². The van der Waals surface area contributed by atoms with Crippen LogP contribution >= 0.6 is 0 Å². The minimum atomic E-state index is -0.553. The van der Waals surface area contributed by atoms with Gasteiger partial charge in [-0.05, 0) is 37.5 Å². The minimum Gasteiger partial charge on any atom is -0.377 e. The molecule has 0 aromatic heterocycles. The second-order valence-electron chi connectivity index (χ2n) is 5.09. The molecule has 1 N–H and O–H groups in total. The van der Waals surface area contributed by atoms with Crippen LogP contribution in [0.5, 0.6) is 0 Å². The van der Waals surface area contributed by atoms with Crippen LogP contribution in [-0.2, 0) is 9.47 Å². The Morgan fingerprint density at radius 3 is 2.75 bits per heavy atom. The third-order valence-corrected chi connectivity index (χ3v) is 3.41. The van der Waals surface area contributed by atoms with Gasteiger partial charge in [0, 0.05) is 25.3 Å². The van der Waals surface area contributed by atoms with Gasteiger partial charge < -0.3 is 14.8 Å². The molecule has 20 heavy (non-hydrogen) atoms. The van der Waals surface area contributed by atoms with Crippen molar-refractivity contribution in [2.45, 2.75) is 31.9 Å². The van der Waals surface area contributed by atoms with Gasteiger partial charge in [0.15, 0.2) is 0 Å². The van der Waals surface area contributed by atoms with Crippen molar-refractivity contribution in [1.29, 1.82) is 0 Å². The van der Waals surface area contributed by atoms with Gasteiger partial charge in [-0.1, -0.05) is 0 Å². The lowest BCUT2D eigenvalue weighted by Crippen LogP contribution is -2.25. The molecule has 1 aromatic rings. The molecule has 1 aliphatic heterocycles. The second-order valence-corrected chi connectivity index (χ2v) is 5.09. The summed E-state index contributed by atoms with van der Waals surface area (Å²) in [5.74, 6) is -1.11. The largest absolute Gasteiger partial charge is 0.377 e. The van der Waals surface area contributed by atoms with Gasteiger partial charge in [0.05, 0.1) is 19.3 Å². The average Bonchev–Trinajstić information content (AvgIpc) is 2.90. The number of halogens is 2. The zero-order valence-corrected chi connectivity index (χ0v) is 11.7. The van der Waals surface area contributed by atoms with Crippen molar-refractivity contribution in [3.05, 3.63) is 35.4 Å². The summed E-state index contributed by atoms with van der Waals surface area (Å²) in [6.07, 6.45) is 2.39. The van der Waals surface area contributed by atoms with Gasteiger partial charge in [-0.25, -0.2) is 8.78 Å². The maximum Gasteiger partial charge on any atom is 0.126 e. The summed E-state index contributed by atoms with van der Waals surface area (Å²) in [6, 6.07) is 3.44. The number of hydrogen-bond donors (Lipinski definition) is 1. The first-order chi connectivity index (χ1) is 9.65. The predicted octanol–water partition coefficient (Wildman–Crippen LogP) is 2.81. The number of hydrogen-bond acceptors (Lipinski definition) is 3. The molecule has 112 valence electrons. The predicted molar refractivity (Wildman–Crippen MR) is 72.6 cm³/mol. The van der Waals surface area contributed by atoms with Crippen molar-refractivity contribution in [1.82, 2.24) is 5.32 Å². The smallest absolute Gasteiger partial charge is 0.126 e. The summed E-state index contributed by atoms with van der Waals surface area (Å²) in [5.41, 5.74) is 0.599. The van der Waals surface area contributed by atoms with E-state index >= 15 is 0 Å². The van der Waals surface area contributed by atoms with Crippen LogP contribution < -0.4 is 5.32 Å². The van der Waals surface area contributed by atoms with E-state index in [0.29, 0.717) is 25.3 Å². The molecule has 1 saturated heterocycles. The maximum atomic E-state index is 13.1. The Balaban J connectivity index is 1.65. The van der Waals surface area contributed by atoms with E-state index in [4.69, 9.17) is 9.47 Å². The maximum absolute atomic E-state index is 13.1. The van der Waals surface area contributed by atoms with E-state index < -0.39 is 11.6 Å². The monoisotopic (exact) mass is 285 g/mol. The van der Waals surface area contributed by atoms with Crippen molar-refractivity contribution in [2.75, 3.05) is 26.4 Å². The number of ether oxygens (including phenoxy) is 2. The molecule has 1 heterocycles. The van der Waals surface area contributed by atoms with Crippen LogP contribution in [0.15, 0.2) is 18.2 Å². The Morgan fingerprint density at radius 2 is 2.10 bits per heavy atom. The lowest BCUT2D eigenvalue weighted by atomic mass is 10.1. The first-order valence-corrected chi connectivity index (χ1v) is 7.04. The molecule has 0 bridgehead atoms. The Hall–Kier alpha value is -1.04. The van der Waals surface area contributed by atoms with Gasteiger partial charge in [-0.3, -0.25) is 0 Å². The van der Waals surface area contributed by atoms with Crippen molar-refractivity contribution in [2.24, 2.45) is 0 Å². The Labute approximate surface area is 118 Å². The molecule has 2 atom stereocenters. The van der Waals surface area contributed by atoms with E-state index in [1.807, 2.05) is 6.92 Å². The Morgan fingerprint density at radius 1 is 1.35 bits per heavy atom. The van der Waals surface area contributed by atoms with Gasteiger partial charge in [-0.2, -0.15) is 0 Å². The summed E-state index contributed by atoms with van der Waals surface area (Å²) in [5, 5.41) is 3.18. The molecule has 0 amide bonds. The quantitative estimate of drug-likeness (QED) is 0.781. The molecular formula is C15H21F2NO2. The molecule has 5 heteroatoms. The van der Waals surface area contributed by atoms with Crippen molar-refractivity contribution in [3.8, 4) is 0 Å². The van der Waals surface area contributed by atoms with Crippen LogP contribution in [0.3, 0.4) is 0 Å². The molecule has 1 fully saturated rings. The fraction of sp³-hybridized carbons (Fsp3) is 0.600. The zero-order chi connectivity index (χ0) is 14.4. The molecule has 0 saturated carbocycles. The van der Waals surface area contributed by atoms with Gasteiger partial charge in [0.1, 0.15) is 11.6 Å². The van der Waals surface area contributed by atoms with E-state index in [0.717, 1.165) is 25.5 Å². The minimum absolute atomic E-state index is 0.119. The zero-order valence-electron chi connectivity index (χ0n) is 11.7. The van der Waals surface area contributed by atoms with Crippen molar-refractivity contribution in [3.63, 3.8) is 0 Å². The summed E-state index contributed by atoms with van der Waals surface area (Å²) in [6.45, 7) is 4.50. The highest BCUT2D eigenvalue weighted by atomic mass is 19.1. The van der Waals surface area contributed by atoms with Crippen molar-refractivity contribution < 1.29 is 18.3 Å². The Kier molecular flexibility index (Phi) is 5.88. The third-order valence-electron chi connectivity index (χ3n) is 3.41. The lowest BCUT2D eigenvalue weighted by molar-refractivity contribution is 0.0179. The fourth-order valence-corrected chi connectivity index (χ4v) is 2.28. The molecule has 0 radical (unpaired) electrons. The van der Waals surface area contributed by atoms with E-state index in [2.05, 4.69) is 5.32 Å². The number of nitrogens with one attached hydrogen (secondary N) is 1. The number of rotatable bonds is 7. The van der Waals surface area contributed by atoms with Gasteiger partial charge in [-0.15, -0.1) is 0 Å². The summed E-state index contributed by atoms with van der Waals surface area (Å²) in [7, 11) is 0. The second kappa shape index (κ2) is 7.67. The van der Waals surface area contributed by atoms with E-state index in [1.54, 1.807) is 0 Å². The summed E-state index contributed by atoms with van der Waals surface area (Å²) >= 11 is 0. The number of benzene rings is 1. The van der Waals surface area contributed by atoms with Crippen LogP contribution in [0.2, 0.25) is 0 Å². The molecule has 0 aliphatic carbocycles. The van der Waals surface area contributed by atoms with E-state index in [-0.39, 0.29) is 12.1 Å². The molecule has 2 rings (SSSR count). The van der Waals surface area contributed by atoms with Crippen LogP contribution in [0.25, 0.3) is 0 Å². The van der Waals surface area contributed by atoms with Gasteiger partial charge in [0.25, 0.3) is 0 Å². The normalized spacial score (nSPS) is 20.2. The van der Waals surface area contributed by atoms with E-state index in [9.17, 15) is 8.78 Å². The van der Waals surface area contributed by atoms with Gasteiger partial charge in [0.2, 0.25) is 0 Å². The van der Waals surface area contributed by atoms with E-state index in [1.165, 1.54) is 12.1 Å². The van der Waals surface area contributed by atoms with Crippen LogP contribution in [0, 0.1) is 11.6 Å². The molecule has 1 aromatic carbocycles. The molecule has 1 aliphatic rings. The third kappa shape index (κ3) is 4.81. The average molecular weight is 285 g/mol. The first kappa shape index (κ1) is 15.4. The Bertz CT molecular complexity index is 402. The fourth-order valence-electron chi connectivity index (χ4n) is 2.28. The highest BCUT2D eigenvalue weighted by molar-refractivity contribution is 5.20. The molecular weight excluding hydrogens is 264 g/mol. The summed E-state index contributed by atoms with van der Waals surface area (Å²) < 4.78 is 37.2. The first-order valence-electron chi connectivity index (χ1n) is 7.04.